The molecule has 19 heavy (non-hydrogen) atoms. The van der Waals surface area contributed by atoms with Gasteiger partial charge in [0.15, 0.2) is 0 Å². The number of thiophene rings is 1. The van der Waals surface area contributed by atoms with Gasteiger partial charge in [0.25, 0.3) is 0 Å². The zero-order valence-corrected chi connectivity index (χ0v) is 10.7. The molecule has 1 aromatic heterocycles. The van der Waals surface area contributed by atoms with Crippen LogP contribution in [0.2, 0.25) is 0 Å². The molecule has 4 nitrogen and oxygen atoms in total. The molecule has 1 atom stereocenters. The van der Waals surface area contributed by atoms with Crippen molar-refractivity contribution in [2.24, 2.45) is 0 Å². The minimum absolute atomic E-state index is 0.0909. The number of nitro benzene ring substituents is 1. The van der Waals surface area contributed by atoms with Crippen LogP contribution >= 0.6 is 11.3 Å². The zero-order chi connectivity index (χ0) is 14.0. The summed E-state index contributed by atoms with van der Waals surface area (Å²) in [6, 6.07) is 3.01. The second kappa shape index (κ2) is 5.31. The average molecular weight is 284 g/mol. The van der Waals surface area contributed by atoms with Gasteiger partial charge in [0.2, 0.25) is 5.82 Å². The number of nitrogens with zero attached hydrogens (tertiary/aromatic N) is 1. The summed E-state index contributed by atoms with van der Waals surface area (Å²) >= 11 is 1.49. The van der Waals surface area contributed by atoms with Gasteiger partial charge in [0, 0.05) is 18.2 Å². The number of hydrogen-bond donors (Lipinski definition) is 1. The molecule has 2 aromatic rings. The minimum Gasteiger partial charge on any atom is -0.376 e. The standard InChI is InChI=1S/C12H10F2N2O2S/c1-7(8-2-3-19-6-8)15-11-5-12(16(17)18)10(14)4-9(11)13/h2-7,15H,1H3. The Labute approximate surface area is 111 Å². The molecular formula is C12H10F2N2O2S. The Balaban J connectivity index is 2.30. The smallest absolute Gasteiger partial charge is 0.307 e. The fourth-order valence-electron chi connectivity index (χ4n) is 1.63. The lowest BCUT2D eigenvalue weighted by Crippen LogP contribution is -2.08. The van der Waals surface area contributed by atoms with Gasteiger partial charge in [-0.25, -0.2) is 4.39 Å². The molecule has 1 N–H and O–H groups in total. The Kier molecular flexibility index (Phi) is 3.75. The predicted molar refractivity (Wildman–Crippen MR) is 69.4 cm³/mol. The first kappa shape index (κ1) is 13.4. The SMILES string of the molecule is CC(Nc1cc([N+](=O)[O-])c(F)cc1F)c1ccsc1. The number of rotatable bonds is 4. The van der Waals surface area contributed by atoms with Crippen molar-refractivity contribution in [1.29, 1.82) is 0 Å². The van der Waals surface area contributed by atoms with Gasteiger partial charge >= 0.3 is 5.69 Å². The van der Waals surface area contributed by atoms with Crippen LogP contribution in [0.4, 0.5) is 20.2 Å². The van der Waals surface area contributed by atoms with Crippen LogP contribution in [0.3, 0.4) is 0 Å². The van der Waals surface area contributed by atoms with E-state index in [-0.39, 0.29) is 11.7 Å². The molecule has 0 saturated heterocycles. The first-order valence-electron chi connectivity index (χ1n) is 5.41. The van der Waals surface area contributed by atoms with Crippen molar-refractivity contribution in [3.05, 3.63) is 56.3 Å². The molecule has 100 valence electrons. The lowest BCUT2D eigenvalue weighted by molar-refractivity contribution is -0.387. The van der Waals surface area contributed by atoms with Crippen molar-refractivity contribution >= 4 is 22.7 Å². The van der Waals surface area contributed by atoms with Crippen LogP contribution in [0.15, 0.2) is 29.0 Å². The maximum Gasteiger partial charge on any atom is 0.307 e. The van der Waals surface area contributed by atoms with E-state index in [4.69, 9.17) is 0 Å². The number of halogens is 2. The number of nitrogens with one attached hydrogen (secondary N) is 1. The maximum atomic E-state index is 13.6. The van der Waals surface area contributed by atoms with Crippen LogP contribution in [-0.4, -0.2) is 4.92 Å². The van der Waals surface area contributed by atoms with E-state index in [2.05, 4.69) is 5.32 Å². The molecule has 0 saturated carbocycles. The van der Waals surface area contributed by atoms with E-state index in [1.807, 2.05) is 16.8 Å². The average Bonchev–Trinajstić information content (AvgIpc) is 2.85. The lowest BCUT2D eigenvalue weighted by Gasteiger charge is -2.14. The summed E-state index contributed by atoms with van der Waals surface area (Å²) in [5.74, 6) is -2.04. The molecule has 0 aliphatic heterocycles. The highest BCUT2D eigenvalue weighted by Crippen LogP contribution is 2.28. The Bertz CT molecular complexity index is 602. The third-order valence-electron chi connectivity index (χ3n) is 2.65. The molecule has 0 fully saturated rings. The van der Waals surface area contributed by atoms with Crippen molar-refractivity contribution in [3.63, 3.8) is 0 Å². The molecule has 7 heteroatoms. The minimum atomic E-state index is -1.18. The molecule has 2 rings (SSSR count). The Hall–Kier alpha value is -2.02. The molecule has 0 amide bonds. The van der Waals surface area contributed by atoms with Gasteiger partial charge in [-0.3, -0.25) is 10.1 Å². The summed E-state index contributed by atoms with van der Waals surface area (Å²) in [6.45, 7) is 1.79. The van der Waals surface area contributed by atoms with Gasteiger partial charge in [0.05, 0.1) is 10.6 Å². The van der Waals surface area contributed by atoms with Crippen molar-refractivity contribution < 1.29 is 13.7 Å². The Morgan fingerprint density at radius 3 is 2.68 bits per heavy atom. The van der Waals surface area contributed by atoms with Crippen LogP contribution in [0.1, 0.15) is 18.5 Å². The van der Waals surface area contributed by atoms with E-state index in [0.717, 1.165) is 11.6 Å². The van der Waals surface area contributed by atoms with Gasteiger partial charge in [-0.05, 0) is 29.3 Å². The highest BCUT2D eigenvalue weighted by Gasteiger charge is 2.19. The van der Waals surface area contributed by atoms with Crippen LogP contribution in [0.5, 0.6) is 0 Å². The van der Waals surface area contributed by atoms with Crippen molar-refractivity contribution in [2.75, 3.05) is 5.32 Å². The third-order valence-corrected chi connectivity index (χ3v) is 3.35. The molecule has 1 aromatic carbocycles. The second-order valence-corrected chi connectivity index (χ2v) is 4.74. The maximum absolute atomic E-state index is 13.6. The number of hydrogen-bond acceptors (Lipinski definition) is 4. The van der Waals surface area contributed by atoms with E-state index in [9.17, 15) is 18.9 Å². The molecular weight excluding hydrogens is 274 g/mol. The molecule has 0 aliphatic rings. The third kappa shape index (κ3) is 2.87. The summed E-state index contributed by atoms with van der Waals surface area (Å²) in [4.78, 5) is 9.74. The molecule has 0 spiro atoms. The van der Waals surface area contributed by atoms with Gasteiger partial charge in [-0.1, -0.05) is 0 Å². The highest BCUT2D eigenvalue weighted by atomic mass is 32.1. The molecule has 0 bridgehead atoms. The summed E-state index contributed by atoms with van der Waals surface area (Å²) in [5, 5.41) is 17.2. The van der Waals surface area contributed by atoms with E-state index in [0.29, 0.717) is 6.07 Å². The lowest BCUT2D eigenvalue weighted by atomic mass is 10.1. The summed E-state index contributed by atoms with van der Waals surface area (Å²) in [6.07, 6.45) is 0. The number of anilines is 1. The Morgan fingerprint density at radius 1 is 1.37 bits per heavy atom. The first-order chi connectivity index (χ1) is 8.99. The molecule has 0 aliphatic carbocycles. The topological polar surface area (TPSA) is 55.2 Å². The summed E-state index contributed by atoms with van der Waals surface area (Å²) in [5.41, 5.74) is 0.0876. The monoisotopic (exact) mass is 284 g/mol. The van der Waals surface area contributed by atoms with Crippen LogP contribution in [0.25, 0.3) is 0 Å². The molecule has 1 heterocycles. The number of benzene rings is 1. The Morgan fingerprint density at radius 2 is 2.11 bits per heavy atom. The van der Waals surface area contributed by atoms with Gasteiger partial charge < -0.3 is 5.32 Å². The normalized spacial score (nSPS) is 12.2. The fourth-order valence-corrected chi connectivity index (χ4v) is 2.38. The quantitative estimate of drug-likeness (QED) is 0.679. The number of nitro groups is 1. The summed E-state index contributed by atoms with van der Waals surface area (Å²) in [7, 11) is 0. The van der Waals surface area contributed by atoms with Gasteiger partial charge in [-0.2, -0.15) is 15.7 Å². The molecule has 1 unspecified atom stereocenters. The van der Waals surface area contributed by atoms with Gasteiger partial charge in [0.1, 0.15) is 5.82 Å². The van der Waals surface area contributed by atoms with Crippen molar-refractivity contribution in [1.82, 2.24) is 0 Å². The van der Waals surface area contributed by atoms with Gasteiger partial charge in [-0.15, -0.1) is 0 Å². The van der Waals surface area contributed by atoms with E-state index in [1.165, 1.54) is 11.3 Å². The molecule has 0 radical (unpaired) electrons. The van der Waals surface area contributed by atoms with Crippen LogP contribution in [-0.2, 0) is 0 Å². The summed E-state index contributed by atoms with van der Waals surface area (Å²) < 4.78 is 26.8. The largest absolute Gasteiger partial charge is 0.376 e. The van der Waals surface area contributed by atoms with Crippen LogP contribution in [0, 0.1) is 21.7 Å². The van der Waals surface area contributed by atoms with E-state index in [1.54, 1.807) is 6.92 Å². The van der Waals surface area contributed by atoms with E-state index >= 15 is 0 Å². The second-order valence-electron chi connectivity index (χ2n) is 3.96. The van der Waals surface area contributed by atoms with E-state index < -0.39 is 22.2 Å². The zero-order valence-electron chi connectivity index (χ0n) is 9.89. The van der Waals surface area contributed by atoms with Crippen LogP contribution < -0.4 is 5.32 Å². The van der Waals surface area contributed by atoms with Crippen molar-refractivity contribution in [2.45, 2.75) is 13.0 Å². The first-order valence-corrected chi connectivity index (χ1v) is 6.35. The fraction of sp³-hybridized carbons (Fsp3) is 0.167. The van der Waals surface area contributed by atoms with Crippen molar-refractivity contribution in [3.8, 4) is 0 Å². The predicted octanol–water partition coefficient (Wildman–Crippen LogP) is 4.11. The highest BCUT2D eigenvalue weighted by molar-refractivity contribution is 7.07.